The number of thiocarbonyl (C=S) groups is 1. The Morgan fingerprint density at radius 3 is 2.75 bits per heavy atom. The lowest BCUT2D eigenvalue weighted by Crippen LogP contribution is -2.48. The number of nitrogens with zero attached hydrogens (tertiary/aromatic N) is 1. The Morgan fingerprint density at radius 1 is 1.83 bits per heavy atom. The van der Waals surface area contributed by atoms with Crippen LogP contribution in [0, 0.1) is 0 Å². The molecule has 1 fully saturated rings. The van der Waals surface area contributed by atoms with Crippen LogP contribution in [0.1, 0.15) is 6.92 Å². The van der Waals surface area contributed by atoms with Crippen LogP contribution < -0.4 is 5.11 Å². The second-order valence-corrected chi connectivity index (χ2v) is 3.92. The van der Waals surface area contributed by atoms with Crippen LogP contribution in [0.4, 0.5) is 0 Å². The Hall–Kier alpha value is -0.620. The molecule has 1 rings (SSSR count). The van der Waals surface area contributed by atoms with Gasteiger partial charge in [0.1, 0.15) is 4.32 Å². The molecule has 0 bridgehead atoms. The van der Waals surface area contributed by atoms with Crippen molar-refractivity contribution in [2.24, 2.45) is 0 Å². The minimum absolute atomic E-state index is 0.233. The van der Waals surface area contributed by atoms with E-state index in [-0.39, 0.29) is 11.7 Å². The zero-order chi connectivity index (χ0) is 9.30. The van der Waals surface area contributed by atoms with Crippen molar-refractivity contribution < 1.29 is 14.7 Å². The van der Waals surface area contributed by atoms with Crippen LogP contribution in [0.3, 0.4) is 0 Å². The lowest BCUT2D eigenvalue weighted by Gasteiger charge is -2.23. The predicted molar refractivity (Wildman–Crippen MR) is 46.4 cm³/mol. The van der Waals surface area contributed by atoms with Gasteiger partial charge in [0.25, 0.3) is 0 Å². The Balaban J connectivity index is 2.79. The van der Waals surface area contributed by atoms with Crippen LogP contribution >= 0.6 is 24.0 Å². The number of aliphatic carboxylic acids is 1. The standard InChI is InChI=1S/C6H7NO3S2/c1-3(5(9)10)7-4(8)2-12-6(7)11/h3H,2H2,1H3,(H,9,10)/p-1/t3-/m1/s1. The highest BCUT2D eigenvalue weighted by molar-refractivity contribution is 8.23. The van der Waals surface area contributed by atoms with Crippen molar-refractivity contribution in [1.82, 2.24) is 4.90 Å². The first kappa shape index (κ1) is 9.47. The first-order chi connectivity index (χ1) is 5.54. The zero-order valence-electron chi connectivity index (χ0n) is 6.27. The van der Waals surface area contributed by atoms with E-state index in [0.717, 1.165) is 4.90 Å². The maximum atomic E-state index is 11.1. The highest BCUT2D eigenvalue weighted by atomic mass is 32.2. The Bertz CT molecular complexity index is 237. The van der Waals surface area contributed by atoms with E-state index in [1.807, 2.05) is 0 Å². The molecule has 0 N–H and O–H groups in total. The number of hydrogen-bond acceptors (Lipinski definition) is 5. The number of thioether (sulfide) groups is 1. The smallest absolute Gasteiger partial charge is 0.239 e. The molecule has 0 unspecified atom stereocenters. The molecule has 0 aromatic rings. The van der Waals surface area contributed by atoms with Crippen molar-refractivity contribution in [1.29, 1.82) is 0 Å². The van der Waals surface area contributed by atoms with Crippen LogP contribution in [0.25, 0.3) is 0 Å². The topological polar surface area (TPSA) is 60.4 Å². The molecular weight excluding hydrogens is 198 g/mol. The van der Waals surface area contributed by atoms with E-state index in [0.29, 0.717) is 4.32 Å². The number of hydrogen-bond donors (Lipinski definition) is 0. The molecule has 0 aliphatic carbocycles. The van der Waals surface area contributed by atoms with Crippen LogP contribution in [0.2, 0.25) is 0 Å². The van der Waals surface area contributed by atoms with Crippen molar-refractivity contribution in [3.8, 4) is 0 Å². The van der Waals surface area contributed by atoms with Gasteiger partial charge in [0.2, 0.25) is 5.91 Å². The Kier molecular flexibility index (Phi) is 2.69. The zero-order valence-corrected chi connectivity index (χ0v) is 7.91. The number of rotatable bonds is 2. The SMILES string of the molecule is C[C@H](C(=O)[O-])N1C(=O)CSC1=S. The molecule has 1 amide bonds. The van der Waals surface area contributed by atoms with Gasteiger partial charge in [0.15, 0.2) is 0 Å². The minimum atomic E-state index is -1.28. The molecule has 0 aromatic heterocycles. The molecule has 0 radical (unpaired) electrons. The molecule has 0 spiro atoms. The lowest BCUT2D eigenvalue weighted by molar-refractivity contribution is -0.309. The Labute approximate surface area is 78.9 Å². The normalized spacial score (nSPS) is 19.9. The summed E-state index contributed by atoms with van der Waals surface area (Å²) < 4.78 is 0.316. The van der Waals surface area contributed by atoms with Gasteiger partial charge in [0, 0.05) is 0 Å². The van der Waals surface area contributed by atoms with Crippen LogP contribution in [-0.4, -0.2) is 32.9 Å². The molecule has 0 saturated carbocycles. The highest BCUT2D eigenvalue weighted by Crippen LogP contribution is 2.21. The Morgan fingerprint density at radius 2 is 2.42 bits per heavy atom. The monoisotopic (exact) mass is 204 g/mol. The van der Waals surface area contributed by atoms with Gasteiger partial charge in [-0.1, -0.05) is 24.0 Å². The number of carbonyl (C=O) groups is 2. The van der Waals surface area contributed by atoms with Crippen molar-refractivity contribution in [3.05, 3.63) is 0 Å². The fourth-order valence-electron chi connectivity index (χ4n) is 0.844. The molecule has 1 saturated heterocycles. The van der Waals surface area contributed by atoms with E-state index in [2.05, 4.69) is 0 Å². The van der Waals surface area contributed by atoms with Crippen LogP contribution in [0.15, 0.2) is 0 Å². The molecule has 1 atom stereocenters. The molecule has 6 heteroatoms. The van der Waals surface area contributed by atoms with E-state index in [1.54, 1.807) is 0 Å². The van der Waals surface area contributed by atoms with Gasteiger partial charge < -0.3 is 9.90 Å². The third-order valence-corrected chi connectivity index (χ3v) is 2.90. The molecule has 1 aliphatic heterocycles. The second kappa shape index (κ2) is 3.40. The van der Waals surface area contributed by atoms with Gasteiger partial charge in [0.05, 0.1) is 17.8 Å². The summed E-state index contributed by atoms with van der Waals surface area (Å²) in [5.74, 6) is -1.31. The molecular formula is C6H6NO3S2-. The van der Waals surface area contributed by atoms with E-state index >= 15 is 0 Å². The maximum Gasteiger partial charge on any atom is 0.239 e. The first-order valence-electron chi connectivity index (χ1n) is 3.23. The summed E-state index contributed by atoms with van der Waals surface area (Å²) in [6, 6.07) is -0.958. The average molecular weight is 204 g/mol. The van der Waals surface area contributed by atoms with E-state index in [4.69, 9.17) is 12.2 Å². The van der Waals surface area contributed by atoms with Crippen LogP contribution in [-0.2, 0) is 9.59 Å². The highest BCUT2D eigenvalue weighted by Gasteiger charge is 2.31. The number of carboxylic acid groups (broad SMARTS) is 1. The maximum absolute atomic E-state index is 11.1. The van der Waals surface area contributed by atoms with E-state index in [9.17, 15) is 14.7 Å². The molecule has 1 heterocycles. The van der Waals surface area contributed by atoms with Crippen LogP contribution in [0.5, 0.6) is 0 Å². The third kappa shape index (κ3) is 1.59. The van der Waals surface area contributed by atoms with Gasteiger partial charge in [-0.15, -0.1) is 0 Å². The predicted octanol–water partition coefficient (Wildman–Crippen LogP) is -1.01. The van der Waals surface area contributed by atoms with E-state index < -0.39 is 12.0 Å². The van der Waals surface area contributed by atoms with Crippen molar-refractivity contribution in [2.75, 3.05) is 5.75 Å². The summed E-state index contributed by atoms with van der Waals surface area (Å²) in [6.07, 6.45) is 0. The fraction of sp³-hybridized carbons (Fsp3) is 0.500. The van der Waals surface area contributed by atoms with Crippen molar-refractivity contribution in [2.45, 2.75) is 13.0 Å². The minimum Gasteiger partial charge on any atom is -0.548 e. The van der Waals surface area contributed by atoms with Crippen molar-refractivity contribution >= 4 is 40.2 Å². The van der Waals surface area contributed by atoms with Gasteiger partial charge >= 0.3 is 0 Å². The van der Waals surface area contributed by atoms with Gasteiger partial charge in [-0.2, -0.15) is 0 Å². The summed E-state index contributed by atoms with van der Waals surface area (Å²) in [6.45, 7) is 1.38. The summed E-state index contributed by atoms with van der Waals surface area (Å²) in [4.78, 5) is 22.5. The number of carbonyl (C=O) groups excluding carboxylic acids is 2. The third-order valence-electron chi connectivity index (χ3n) is 1.51. The second-order valence-electron chi connectivity index (χ2n) is 2.31. The molecule has 12 heavy (non-hydrogen) atoms. The molecule has 4 nitrogen and oxygen atoms in total. The number of amides is 1. The number of carboxylic acids is 1. The summed E-state index contributed by atoms with van der Waals surface area (Å²) in [5, 5.41) is 10.4. The van der Waals surface area contributed by atoms with Crippen molar-refractivity contribution in [3.63, 3.8) is 0 Å². The molecule has 66 valence electrons. The first-order valence-corrected chi connectivity index (χ1v) is 4.63. The molecule has 1 aliphatic rings. The van der Waals surface area contributed by atoms with Gasteiger partial charge in [-0.05, 0) is 6.92 Å². The lowest BCUT2D eigenvalue weighted by atomic mass is 10.3. The van der Waals surface area contributed by atoms with Gasteiger partial charge in [-0.25, -0.2) is 0 Å². The fourth-order valence-corrected chi connectivity index (χ4v) is 2.07. The summed E-state index contributed by atoms with van der Waals surface area (Å²) in [5.41, 5.74) is 0. The summed E-state index contributed by atoms with van der Waals surface area (Å²) in [7, 11) is 0. The van der Waals surface area contributed by atoms with Gasteiger partial charge in [-0.3, -0.25) is 9.69 Å². The van der Waals surface area contributed by atoms with E-state index in [1.165, 1.54) is 18.7 Å². The summed E-state index contributed by atoms with van der Waals surface area (Å²) >= 11 is 5.97. The quantitative estimate of drug-likeness (QED) is 0.539. The largest absolute Gasteiger partial charge is 0.548 e. The average Bonchev–Trinajstić information content (AvgIpc) is 2.30. The molecule has 0 aromatic carbocycles.